The van der Waals surface area contributed by atoms with E-state index >= 15 is 0 Å². The van der Waals surface area contributed by atoms with E-state index in [1.165, 1.54) is 5.56 Å². The standard InChI is InChI=1S/C9H11BrN2/c1-6-2-5-12-8(7(6)10)9(11)3-4-9/h2,5H,3-4,11H2,1H3. The molecule has 0 amide bonds. The normalized spacial score (nSPS) is 19.2. The van der Waals surface area contributed by atoms with Crippen LogP contribution in [0.25, 0.3) is 0 Å². The van der Waals surface area contributed by atoms with Crippen molar-refractivity contribution in [2.75, 3.05) is 0 Å². The largest absolute Gasteiger partial charge is 0.320 e. The SMILES string of the molecule is Cc1ccnc(C2(N)CC2)c1Br. The smallest absolute Gasteiger partial charge is 0.0746 e. The quantitative estimate of drug-likeness (QED) is 0.797. The minimum Gasteiger partial charge on any atom is -0.320 e. The Balaban J connectivity index is 2.51. The third-order valence-corrected chi connectivity index (χ3v) is 3.34. The number of aromatic nitrogens is 1. The molecule has 0 saturated heterocycles. The highest BCUT2D eigenvalue weighted by Crippen LogP contribution is 2.44. The van der Waals surface area contributed by atoms with Crippen LogP contribution in [-0.4, -0.2) is 4.98 Å². The first kappa shape index (κ1) is 8.20. The molecule has 1 fully saturated rings. The molecule has 1 saturated carbocycles. The van der Waals surface area contributed by atoms with E-state index in [0.717, 1.165) is 23.0 Å². The number of pyridine rings is 1. The lowest BCUT2D eigenvalue weighted by molar-refractivity contribution is 0.701. The second-order valence-corrected chi connectivity index (χ2v) is 4.24. The number of hydrogen-bond donors (Lipinski definition) is 1. The maximum atomic E-state index is 6.05. The molecule has 12 heavy (non-hydrogen) atoms. The number of nitrogens with zero attached hydrogens (tertiary/aromatic N) is 1. The lowest BCUT2D eigenvalue weighted by atomic mass is 10.1. The molecular weight excluding hydrogens is 216 g/mol. The molecule has 1 aromatic rings. The number of halogens is 1. The fourth-order valence-electron chi connectivity index (χ4n) is 1.26. The fourth-order valence-corrected chi connectivity index (χ4v) is 1.89. The van der Waals surface area contributed by atoms with E-state index in [2.05, 4.69) is 27.8 Å². The number of aryl methyl sites for hydroxylation is 1. The van der Waals surface area contributed by atoms with Crippen molar-refractivity contribution in [2.24, 2.45) is 5.73 Å². The average Bonchev–Trinajstić information content (AvgIpc) is 2.75. The van der Waals surface area contributed by atoms with Gasteiger partial charge in [-0.25, -0.2) is 0 Å². The minimum atomic E-state index is -0.134. The van der Waals surface area contributed by atoms with E-state index in [9.17, 15) is 0 Å². The zero-order valence-corrected chi connectivity index (χ0v) is 8.56. The molecule has 1 aliphatic rings. The maximum absolute atomic E-state index is 6.05. The van der Waals surface area contributed by atoms with Crippen LogP contribution in [-0.2, 0) is 5.54 Å². The Labute approximate surface area is 80.3 Å². The summed E-state index contributed by atoms with van der Waals surface area (Å²) in [6, 6.07) is 1.99. The number of hydrogen-bond acceptors (Lipinski definition) is 2. The van der Waals surface area contributed by atoms with Gasteiger partial charge in [0.25, 0.3) is 0 Å². The highest BCUT2D eigenvalue weighted by Gasteiger charge is 2.42. The Morgan fingerprint density at radius 1 is 1.58 bits per heavy atom. The Bertz CT molecular complexity index is 318. The number of nitrogens with two attached hydrogens (primary N) is 1. The van der Waals surface area contributed by atoms with Gasteiger partial charge < -0.3 is 5.73 Å². The monoisotopic (exact) mass is 226 g/mol. The van der Waals surface area contributed by atoms with Crippen molar-refractivity contribution >= 4 is 15.9 Å². The summed E-state index contributed by atoms with van der Waals surface area (Å²) in [5, 5.41) is 0. The van der Waals surface area contributed by atoms with Crippen LogP contribution in [0, 0.1) is 6.92 Å². The summed E-state index contributed by atoms with van der Waals surface area (Å²) in [4.78, 5) is 4.30. The molecule has 64 valence electrons. The fraction of sp³-hybridized carbons (Fsp3) is 0.444. The van der Waals surface area contributed by atoms with E-state index in [4.69, 9.17) is 5.73 Å². The molecule has 1 aliphatic carbocycles. The summed E-state index contributed by atoms with van der Waals surface area (Å²) >= 11 is 3.51. The molecule has 0 aromatic carbocycles. The molecule has 3 heteroatoms. The summed E-state index contributed by atoms with van der Waals surface area (Å²) in [5.74, 6) is 0. The predicted molar refractivity (Wildman–Crippen MR) is 51.8 cm³/mol. The summed E-state index contributed by atoms with van der Waals surface area (Å²) in [6.45, 7) is 2.06. The van der Waals surface area contributed by atoms with E-state index in [1.807, 2.05) is 12.3 Å². The van der Waals surface area contributed by atoms with Crippen LogP contribution in [0.15, 0.2) is 16.7 Å². The van der Waals surface area contributed by atoms with Crippen LogP contribution < -0.4 is 5.73 Å². The van der Waals surface area contributed by atoms with Crippen molar-refractivity contribution in [1.82, 2.24) is 4.98 Å². The lowest BCUT2D eigenvalue weighted by Gasteiger charge is -2.11. The third-order valence-electron chi connectivity index (χ3n) is 2.34. The maximum Gasteiger partial charge on any atom is 0.0746 e. The highest BCUT2D eigenvalue weighted by atomic mass is 79.9. The summed E-state index contributed by atoms with van der Waals surface area (Å²) < 4.78 is 1.07. The van der Waals surface area contributed by atoms with Crippen molar-refractivity contribution in [3.63, 3.8) is 0 Å². The molecule has 1 aromatic heterocycles. The van der Waals surface area contributed by atoms with Gasteiger partial charge >= 0.3 is 0 Å². The van der Waals surface area contributed by atoms with Gasteiger partial charge in [0.2, 0.25) is 0 Å². The molecule has 0 unspecified atom stereocenters. The summed E-state index contributed by atoms with van der Waals surface area (Å²) in [6.07, 6.45) is 3.94. The van der Waals surface area contributed by atoms with Gasteiger partial charge in [0.1, 0.15) is 0 Å². The van der Waals surface area contributed by atoms with Crippen LogP contribution in [0.4, 0.5) is 0 Å². The first-order chi connectivity index (χ1) is 5.63. The van der Waals surface area contributed by atoms with E-state index in [0.29, 0.717) is 0 Å². The first-order valence-electron chi connectivity index (χ1n) is 4.04. The minimum absolute atomic E-state index is 0.134. The Morgan fingerprint density at radius 2 is 2.25 bits per heavy atom. The van der Waals surface area contributed by atoms with Crippen molar-refractivity contribution in [2.45, 2.75) is 25.3 Å². The van der Waals surface area contributed by atoms with Gasteiger partial charge in [-0.05, 0) is 47.3 Å². The van der Waals surface area contributed by atoms with E-state index < -0.39 is 0 Å². The Kier molecular flexibility index (Phi) is 1.73. The van der Waals surface area contributed by atoms with Crippen LogP contribution >= 0.6 is 15.9 Å². The van der Waals surface area contributed by atoms with Gasteiger partial charge in [0.05, 0.1) is 11.2 Å². The second-order valence-electron chi connectivity index (χ2n) is 3.45. The van der Waals surface area contributed by atoms with Gasteiger partial charge in [-0.2, -0.15) is 0 Å². The molecule has 0 atom stereocenters. The molecule has 0 radical (unpaired) electrons. The van der Waals surface area contributed by atoms with Crippen molar-refractivity contribution in [3.05, 3.63) is 28.0 Å². The molecule has 1 heterocycles. The second kappa shape index (κ2) is 2.54. The summed E-state index contributed by atoms with van der Waals surface area (Å²) in [5.41, 5.74) is 8.13. The molecular formula is C9H11BrN2. The van der Waals surface area contributed by atoms with E-state index in [1.54, 1.807) is 0 Å². The predicted octanol–water partition coefficient (Wildman–Crippen LogP) is 2.10. The van der Waals surface area contributed by atoms with Gasteiger partial charge in [-0.3, -0.25) is 4.98 Å². The highest BCUT2D eigenvalue weighted by molar-refractivity contribution is 9.10. The third kappa shape index (κ3) is 1.17. The van der Waals surface area contributed by atoms with Crippen molar-refractivity contribution in [3.8, 4) is 0 Å². The van der Waals surface area contributed by atoms with Gasteiger partial charge in [-0.15, -0.1) is 0 Å². The van der Waals surface area contributed by atoms with Crippen LogP contribution in [0.1, 0.15) is 24.1 Å². The van der Waals surface area contributed by atoms with Gasteiger partial charge in [-0.1, -0.05) is 0 Å². The molecule has 2 nitrogen and oxygen atoms in total. The Morgan fingerprint density at radius 3 is 2.83 bits per heavy atom. The zero-order valence-electron chi connectivity index (χ0n) is 6.97. The molecule has 0 aliphatic heterocycles. The van der Waals surface area contributed by atoms with Gasteiger partial charge in [0.15, 0.2) is 0 Å². The van der Waals surface area contributed by atoms with Gasteiger partial charge in [0, 0.05) is 10.7 Å². The molecule has 0 bridgehead atoms. The topological polar surface area (TPSA) is 38.9 Å². The van der Waals surface area contributed by atoms with Crippen LogP contribution in [0.2, 0.25) is 0 Å². The Hall–Kier alpha value is -0.410. The molecule has 0 spiro atoms. The zero-order chi connectivity index (χ0) is 8.77. The first-order valence-corrected chi connectivity index (χ1v) is 4.83. The van der Waals surface area contributed by atoms with Crippen LogP contribution in [0.5, 0.6) is 0 Å². The summed E-state index contributed by atoms with van der Waals surface area (Å²) in [7, 11) is 0. The van der Waals surface area contributed by atoms with Crippen molar-refractivity contribution in [1.29, 1.82) is 0 Å². The van der Waals surface area contributed by atoms with E-state index in [-0.39, 0.29) is 5.54 Å². The van der Waals surface area contributed by atoms with Crippen LogP contribution in [0.3, 0.4) is 0 Å². The molecule has 2 rings (SSSR count). The average molecular weight is 227 g/mol. The lowest BCUT2D eigenvalue weighted by Crippen LogP contribution is -2.21. The number of rotatable bonds is 1. The molecule has 2 N–H and O–H groups in total. The van der Waals surface area contributed by atoms with Crippen molar-refractivity contribution < 1.29 is 0 Å².